The Hall–Kier alpha value is -1.39. The molecule has 2 rings (SSSR count). The quantitative estimate of drug-likeness (QED) is 0.903. The molecule has 1 unspecified atom stereocenters. The van der Waals surface area contributed by atoms with E-state index in [1.165, 1.54) is 0 Å². The molecular weight excluding hydrogens is 262 g/mol. The average Bonchev–Trinajstić information content (AvgIpc) is 2.46. The fourth-order valence-corrected chi connectivity index (χ4v) is 2.82. The third-order valence-corrected chi connectivity index (χ3v) is 4.33. The van der Waals surface area contributed by atoms with Crippen molar-refractivity contribution in [2.75, 3.05) is 26.2 Å². The maximum absolute atomic E-state index is 12.8. The molecule has 1 aromatic rings. The minimum atomic E-state index is -0.953. The number of nitrogens with two attached hydrogens (primary N) is 1. The van der Waals surface area contributed by atoms with Crippen LogP contribution in [0.4, 0.5) is 0 Å². The van der Waals surface area contributed by atoms with Gasteiger partial charge in [-0.25, -0.2) is 0 Å². The highest BCUT2D eigenvalue weighted by atomic mass is 16.2. The van der Waals surface area contributed by atoms with Gasteiger partial charge in [-0.3, -0.25) is 9.69 Å². The lowest BCUT2D eigenvalue weighted by molar-refractivity contribution is -0.139. The van der Waals surface area contributed by atoms with Crippen LogP contribution in [0.1, 0.15) is 33.3 Å². The second-order valence-corrected chi connectivity index (χ2v) is 7.02. The monoisotopic (exact) mass is 289 g/mol. The highest BCUT2D eigenvalue weighted by Crippen LogP contribution is 2.22. The second kappa shape index (κ2) is 5.78. The van der Waals surface area contributed by atoms with Gasteiger partial charge < -0.3 is 10.6 Å². The van der Waals surface area contributed by atoms with E-state index in [0.717, 1.165) is 31.7 Å². The van der Waals surface area contributed by atoms with Gasteiger partial charge in [0.25, 0.3) is 0 Å². The summed E-state index contributed by atoms with van der Waals surface area (Å²) in [5, 5.41) is 0. The van der Waals surface area contributed by atoms with Gasteiger partial charge in [0, 0.05) is 31.7 Å². The maximum Gasteiger partial charge on any atom is 0.247 e. The van der Waals surface area contributed by atoms with Crippen molar-refractivity contribution in [3.63, 3.8) is 0 Å². The van der Waals surface area contributed by atoms with Gasteiger partial charge in [-0.2, -0.15) is 0 Å². The standard InChI is InChI=1S/C17H27N3O/c1-16(2,3)20-12-10-19(11-13-20)15(21)17(4,18)14-8-6-5-7-9-14/h5-9H,10-13,18H2,1-4H3. The van der Waals surface area contributed by atoms with Crippen LogP contribution in [0, 0.1) is 0 Å². The van der Waals surface area contributed by atoms with Crippen molar-refractivity contribution in [2.24, 2.45) is 5.73 Å². The summed E-state index contributed by atoms with van der Waals surface area (Å²) in [5.74, 6) is 0.0160. The summed E-state index contributed by atoms with van der Waals surface area (Å²) in [7, 11) is 0. The Labute approximate surface area is 127 Å². The first-order chi connectivity index (χ1) is 9.73. The molecule has 0 radical (unpaired) electrons. The molecule has 1 aromatic carbocycles. The van der Waals surface area contributed by atoms with Gasteiger partial charge in [-0.15, -0.1) is 0 Å². The van der Waals surface area contributed by atoms with Crippen LogP contribution < -0.4 is 5.73 Å². The van der Waals surface area contributed by atoms with Gasteiger partial charge in [0.2, 0.25) is 5.91 Å². The van der Waals surface area contributed by atoms with Gasteiger partial charge in [0.15, 0.2) is 0 Å². The number of carbonyl (C=O) groups excluding carboxylic acids is 1. The molecule has 0 spiro atoms. The molecule has 0 saturated carbocycles. The molecule has 21 heavy (non-hydrogen) atoms. The molecule has 1 aliphatic rings. The van der Waals surface area contributed by atoms with Crippen molar-refractivity contribution in [3.05, 3.63) is 35.9 Å². The Morgan fingerprint density at radius 2 is 1.52 bits per heavy atom. The largest absolute Gasteiger partial charge is 0.338 e. The fourth-order valence-electron chi connectivity index (χ4n) is 2.82. The van der Waals surface area contributed by atoms with E-state index < -0.39 is 5.54 Å². The van der Waals surface area contributed by atoms with Gasteiger partial charge in [0.1, 0.15) is 5.54 Å². The molecule has 1 fully saturated rings. The van der Waals surface area contributed by atoms with Gasteiger partial charge in [-0.1, -0.05) is 30.3 Å². The number of benzene rings is 1. The number of rotatable bonds is 2. The van der Waals surface area contributed by atoms with Gasteiger partial charge in [0.05, 0.1) is 0 Å². The molecule has 116 valence electrons. The Morgan fingerprint density at radius 1 is 1.00 bits per heavy atom. The molecule has 0 aromatic heterocycles. The van der Waals surface area contributed by atoms with E-state index in [2.05, 4.69) is 25.7 Å². The van der Waals surface area contributed by atoms with Crippen LogP contribution in [0.5, 0.6) is 0 Å². The van der Waals surface area contributed by atoms with E-state index in [1.54, 1.807) is 6.92 Å². The molecule has 1 heterocycles. The Balaban J connectivity index is 2.05. The van der Waals surface area contributed by atoms with E-state index >= 15 is 0 Å². The van der Waals surface area contributed by atoms with Crippen LogP contribution >= 0.6 is 0 Å². The molecule has 0 aliphatic carbocycles. The summed E-state index contributed by atoms with van der Waals surface area (Å²) in [4.78, 5) is 17.1. The topological polar surface area (TPSA) is 49.6 Å². The first kappa shape index (κ1) is 16.0. The first-order valence-electron chi connectivity index (χ1n) is 7.62. The molecule has 1 saturated heterocycles. The zero-order valence-electron chi connectivity index (χ0n) is 13.6. The number of hydrogen-bond acceptors (Lipinski definition) is 3. The highest BCUT2D eigenvalue weighted by Gasteiger charge is 2.36. The average molecular weight is 289 g/mol. The molecule has 4 heteroatoms. The van der Waals surface area contributed by atoms with Crippen molar-refractivity contribution < 1.29 is 4.79 Å². The second-order valence-electron chi connectivity index (χ2n) is 7.02. The van der Waals surface area contributed by atoms with E-state index in [1.807, 2.05) is 35.2 Å². The number of nitrogens with zero attached hydrogens (tertiary/aromatic N) is 2. The highest BCUT2D eigenvalue weighted by molar-refractivity contribution is 5.87. The summed E-state index contributed by atoms with van der Waals surface area (Å²) >= 11 is 0. The fraction of sp³-hybridized carbons (Fsp3) is 0.588. The smallest absolute Gasteiger partial charge is 0.247 e. The molecule has 0 bridgehead atoms. The molecule has 4 nitrogen and oxygen atoms in total. The van der Waals surface area contributed by atoms with Crippen LogP contribution in [0.15, 0.2) is 30.3 Å². The lowest BCUT2D eigenvalue weighted by atomic mass is 9.91. The van der Waals surface area contributed by atoms with Crippen molar-refractivity contribution in [1.82, 2.24) is 9.80 Å². The first-order valence-corrected chi connectivity index (χ1v) is 7.62. The van der Waals surface area contributed by atoms with Crippen LogP contribution in [-0.4, -0.2) is 47.4 Å². The molecule has 2 N–H and O–H groups in total. The lowest BCUT2D eigenvalue weighted by Gasteiger charge is -2.43. The van der Waals surface area contributed by atoms with E-state index in [-0.39, 0.29) is 11.4 Å². The summed E-state index contributed by atoms with van der Waals surface area (Å²) in [6.45, 7) is 11.7. The maximum atomic E-state index is 12.8. The lowest BCUT2D eigenvalue weighted by Crippen LogP contribution is -2.59. The normalized spacial score (nSPS) is 20.1. The molecule has 1 aliphatic heterocycles. The van der Waals surface area contributed by atoms with Gasteiger partial charge in [-0.05, 0) is 33.3 Å². The summed E-state index contributed by atoms with van der Waals surface area (Å²) < 4.78 is 0. The Kier molecular flexibility index (Phi) is 4.40. The predicted octanol–water partition coefficient (Wildman–Crippen LogP) is 1.80. The van der Waals surface area contributed by atoms with Crippen molar-refractivity contribution >= 4 is 5.91 Å². The third-order valence-electron chi connectivity index (χ3n) is 4.33. The zero-order chi connectivity index (χ0) is 15.7. The number of amides is 1. The predicted molar refractivity (Wildman–Crippen MR) is 85.9 cm³/mol. The molecular formula is C17H27N3O. The molecule has 1 atom stereocenters. The van der Waals surface area contributed by atoms with Gasteiger partial charge >= 0.3 is 0 Å². The van der Waals surface area contributed by atoms with E-state index in [0.29, 0.717) is 0 Å². The molecule has 1 amide bonds. The van der Waals surface area contributed by atoms with Crippen LogP contribution in [0.25, 0.3) is 0 Å². The summed E-state index contributed by atoms with van der Waals surface area (Å²) in [6, 6.07) is 9.62. The minimum Gasteiger partial charge on any atom is -0.338 e. The van der Waals surface area contributed by atoms with Crippen LogP contribution in [0.3, 0.4) is 0 Å². The number of hydrogen-bond donors (Lipinski definition) is 1. The minimum absolute atomic E-state index is 0.0160. The summed E-state index contributed by atoms with van der Waals surface area (Å²) in [6.07, 6.45) is 0. The van der Waals surface area contributed by atoms with Crippen LogP contribution in [0.2, 0.25) is 0 Å². The Bertz CT molecular complexity index is 483. The van der Waals surface area contributed by atoms with Crippen molar-refractivity contribution in [2.45, 2.75) is 38.8 Å². The number of piperazine rings is 1. The zero-order valence-corrected chi connectivity index (χ0v) is 13.6. The van der Waals surface area contributed by atoms with E-state index in [4.69, 9.17) is 5.73 Å². The van der Waals surface area contributed by atoms with E-state index in [9.17, 15) is 4.79 Å². The van der Waals surface area contributed by atoms with Crippen molar-refractivity contribution in [3.8, 4) is 0 Å². The van der Waals surface area contributed by atoms with Crippen molar-refractivity contribution in [1.29, 1.82) is 0 Å². The van der Waals surface area contributed by atoms with Crippen LogP contribution in [-0.2, 0) is 10.3 Å². The number of carbonyl (C=O) groups is 1. The third kappa shape index (κ3) is 3.44. The Morgan fingerprint density at radius 3 is 2.00 bits per heavy atom. The SMILES string of the molecule is CC(N)(C(=O)N1CCN(C(C)(C)C)CC1)c1ccccc1. The summed E-state index contributed by atoms with van der Waals surface area (Å²) in [5.41, 5.74) is 6.40.